The van der Waals surface area contributed by atoms with E-state index in [1.54, 1.807) is 0 Å². The molecule has 0 radical (unpaired) electrons. The largest absolute Gasteiger partial charge is 0.249 e. The van der Waals surface area contributed by atoms with E-state index in [4.69, 9.17) is 0 Å². The van der Waals surface area contributed by atoms with Gasteiger partial charge in [-0.1, -0.05) is 20.8 Å². The number of pyridine rings is 1. The van der Waals surface area contributed by atoms with Gasteiger partial charge in [0, 0.05) is 11.4 Å². The smallest absolute Gasteiger partial charge is 0.111 e. The maximum absolute atomic E-state index is 4.38. The Labute approximate surface area is 98.8 Å². The van der Waals surface area contributed by atoms with E-state index >= 15 is 0 Å². The highest BCUT2D eigenvalue weighted by molar-refractivity contribution is 9.10. The van der Waals surface area contributed by atoms with Gasteiger partial charge in [-0.15, -0.1) is 11.8 Å². The summed E-state index contributed by atoms with van der Waals surface area (Å²) >= 11 is 5.41. The van der Waals surface area contributed by atoms with E-state index in [0.717, 1.165) is 9.50 Å². The third-order valence-corrected chi connectivity index (χ3v) is 5.00. The zero-order valence-corrected chi connectivity index (χ0v) is 11.4. The van der Waals surface area contributed by atoms with Crippen LogP contribution in [-0.4, -0.2) is 10.2 Å². The summed E-state index contributed by atoms with van der Waals surface area (Å²) < 4.78 is 1.14. The van der Waals surface area contributed by atoms with E-state index in [1.165, 1.54) is 5.56 Å². The second-order valence-corrected chi connectivity index (χ2v) is 5.97. The maximum Gasteiger partial charge on any atom is 0.111 e. The lowest BCUT2D eigenvalue weighted by atomic mass is 10.2. The third kappa shape index (κ3) is 2.99. The molecule has 1 rings (SSSR count). The molecule has 0 aliphatic carbocycles. The number of hydrogen-bond donors (Lipinski definition) is 0. The average Bonchev–Trinajstić information content (AvgIpc) is 2.12. The minimum atomic E-state index is 0.598. The van der Waals surface area contributed by atoms with E-state index < -0.39 is 0 Å². The standard InChI is InChI=1S/C11H16BrNS/c1-7(2)9(4)14-11-10(12)8(3)5-6-13-11/h5-7,9H,1-4H3. The van der Waals surface area contributed by atoms with Gasteiger partial charge >= 0.3 is 0 Å². The topological polar surface area (TPSA) is 12.9 Å². The quantitative estimate of drug-likeness (QED) is 0.763. The van der Waals surface area contributed by atoms with E-state index in [0.29, 0.717) is 11.2 Å². The van der Waals surface area contributed by atoms with Crippen molar-refractivity contribution < 1.29 is 0 Å². The van der Waals surface area contributed by atoms with Crippen molar-refractivity contribution in [3.05, 3.63) is 22.3 Å². The minimum Gasteiger partial charge on any atom is -0.249 e. The number of rotatable bonds is 3. The number of hydrogen-bond acceptors (Lipinski definition) is 2. The van der Waals surface area contributed by atoms with Crippen LogP contribution in [0.3, 0.4) is 0 Å². The molecule has 0 N–H and O–H groups in total. The Morgan fingerprint density at radius 1 is 1.36 bits per heavy atom. The van der Waals surface area contributed by atoms with Gasteiger partial charge in [-0.3, -0.25) is 0 Å². The number of thioether (sulfide) groups is 1. The fourth-order valence-electron chi connectivity index (χ4n) is 0.910. The maximum atomic E-state index is 4.38. The second kappa shape index (κ2) is 5.17. The Balaban J connectivity index is 2.82. The van der Waals surface area contributed by atoms with Crippen LogP contribution in [0.1, 0.15) is 26.3 Å². The highest BCUT2D eigenvalue weighted by atomic mass is 79.9. The van der Waals surface area contributed by atoms with Crippen molar-refractivity contribution in [1.29, 1.82) is 0 Å². The van der Waals surface area contributed by atoms with Crippen LogP contribution in [0.5, 0.6) is 0 Å². The average molecular weight is 274 g/mol. The highest BCUT2D eigenvalue weighted by Gasteiger charge is 2.12. The molecule has 0 aliphatic heterocycles. The normalized spacial score (nSPS) is 13.3. The van der Waals surface area contributed by atoms with E-state index in [2.05, 4.69) is 48.6 Å². The summed E-state index contributed by atoms with van der Waals surface area (Å²) in [5, 5.41) is 1.70. The van der Waals surface area contributed by atoms with Crippen molar-refractivity contribution >= 4 is 27.7 Å². The number of halogens is 1. The predicted molar refractivity (Wildman–Crippen MR) is 66.8 cm³/mol. The molecule has 0 fully saturated rings. The molecule has 1 aromatic heterocycles. The van der Waals surface area contributed by atoms with Gasteiger partial charge in [-0.25, -0.2) is 4.98 Å². The number of nitrogens with zero attached hydrogens (tertiary/aromatic N) is 1. The molecule has 0 saturated heterocycles. The van der Waals surface area contributed by atoms with Gasteiger partial charge in [-0.2, -0.15) is 0 Å². The Morgan fingerprint density at radius 2 is 2.00 bits per heavy atom. The van der Waals surface area contributed by atoms with Crippen LogP contribution in [0.2, 0.25) is 0 Å². The van der Waals surface area contributed by atoms with Crippen LogP contribution >= 0.6 is 27.7 Å². The van der Waals surface area contributed by atoms with Crippen LogP contribution in [-0.2, 0) is 0 Å². The molecule has 1 unspecified atom stereocenters. The Morgan fingerprint density at radius 3 is 2.57 bits per heavy atom. The summed E-state index contributed by atoms with van der Waals surface area (Å²) in [6, 6.07) is 2.02. The first kappa shape index (κ1) is 12.1. The lowest BCUT2D eigenvalue weighted by Crippen LogP contribution is -2.06. The number of aromatic nitrogens is 1. The van der Waals surface area contributed by atoms with Crippen LogP contribution in [0.15, 0.2) is 21.8 Å². The first-order chi connectivity index (χ1) is 6.52. The van der Waals surface area contributed by atoms with Gasteiger partial charge in [0.05, 0.1) is 4.47 Å². The molecule has 0 spiro atoms. The molecular weight excluding hydrogens is 258 g/mol. The predicted octanol–water partition coefficient (Wildman–Crippen LogP) is 4.29. The van der Waals surface area contributed by atoms with E-state index in [1.807, 2.05) is 24.0 Å². The first-order valence-corrected chi connectivity index (χ1v) is 6.47. The van der Waals surface area contributed by atoms with Crippen molar-refractivity contribution in [2.75, 3.05) is 0 Å². The van der Waals surface area contributed by atoms with Gasteiger partial charge in [-0.05, 0) is 40.4 Å². The van der Waals surface area contributed by atoms with Gasteiger partial charge < -0.3 is 0 Å². The summed E-state index contributed by atoms with van der Waals surface area (Å²) in [5.74, 6) is 0.675. The molecule has 1 nitrogen and oxygen atoms in total. The number of aryl methyl sites for hydroxylation is 1. The minimum absolute atomic E-state index is 0.598. The van der Waals surface area contributed by atoms with Gasteiger partial charge in [0.2, 0.25) is 0 Å². The molecule has 0 saturated carbocycles. The molecular formula is C11H16BrNS. The molecule has 1 heterocycles. The Bertz CT molecular complexity index is 312. The van der Waals surface area contributed by atoms with E-state index in [9.17, 15) is 0 Å². The van der Waals surface area contributed by atoms with Crippen molar-refractivity contribution in [1.82, 2.24) is 4.98 Å². The summed E-state index contributed by atoms with van der Waals surface area (Å²) in [4.78, 5) is 4.38. The second-order valence-electron chi connectivity index (χ2n) is 3.81. The monoisotopic (exact) mass is 273 g/mol. The van der Waals surface area contributed by atoms with E-state index in [-0.39, 0.29) is 0 Å². The van der Waals surface area contributed by atoms with Crippen LogP contribution in [0, 0.1) is 12.8 Å². The molecule has 78 valence electrons. The molecule has 0 aromatic carbocycles. The third-order valence-electron chi connectivity index (χ3n) is 2.29. The summed E-state index contributed by atoms with van der Waals surface area (Å²) in [6.45, 7) is 8.81. The van der Waals surface area contributed by atoms with Gasteiger partial charge in [0.25, 0.3) is 0 Å². The molecule has 14 heavy (non-hydrogen) atoms. The molecule has 0 amide bonds. The molecule has 1 atom stereocenters. The van der Waals surface area contributed by atoms with Crippen molar-refractivity contribution in [3.8, 4) is 0 Å². The zero-order chi connectivity index (χ0) is 10.7. The molecule has 1 aromatic rings. The van der Waals surface area contributed by atoms with Gasteiger partial charge in [0.15, 0.2) is 0 Å². The molecule has 0 aliphatic rings. The zero-order valence-electron chi connectivity index (χ0n) is 9.04. The van der Waals surface area contributed by atoms with Crippen molar-refractivity contribution in [3.63, 3.8) is 0 Å². The summed E-state index contributed by atoms with van der Waals surface area (Å²) in [5.41, 5.74) is 1.25. The van der Waals surface area contributed by atoms with Crippen molar-refractivity contribution in [2.45, 2.75) is 38.0 Å². The Hall–Kier alpha value is -0.0200. The van der Waals surface area contributed by atoms with Crippen molar-refractivity contribution in [2.24, 2.45) is 5.92 Å². The molecule has 0 bridgehead atoms. The van der Waals surface area contributed by atoms with Crippen LogP contribution in [0.4, 0.5) is 0 Å². The van der Waals surface area contributed by atoms with Gasteiger partial charge in [0.1, 0.15) is 5.03 Å². The first-order valence-electron chi connectivity index (χ1n) is 4.80. The lowest BCUT2D eigenvalue weighted by molar-refractivity contribution is 0.641. The summed E-state index contributed by atoms with van der Waals surface area (Å²) in [6.07, 6.45) is 1.87. The molecule has 3 heteroatoms. The Kier molecular flexibility index (Phi) is 4.45. The van der Waals surface area contributed by atoms with Crippen LogP contribution in [0.25, 0.3) is 0 Å². The van der Waals surface area contributed by atoms with Crippen LogP contribution < -0.4 is 0 Å². The fraction of sp³-hybridized carbons (Fsp3) is 0.545. The summed E-state index contributed by atoms with van der Waals surface area (Å²) in [7, 11) is 0. The highest BCUT2D eigenvalue weighted by Crippen LogP contribution is 2.32. The lowest BCUT2D eigenvalue weighted by Gasteiger charge is -2.15. The fourth-order valence-corrected chi connectivity index (χ4v) is 2.44. The SMILES string of the molecule is Cc1ccnc(SC(C)C(C)C)c1Br.